The maximum absolute atomic E-state index is 14.0. The molecule has 0 amide bonds. The summed E-state index contributed by atoms with van der Waals surface area (Å²) in [6.07, 6.45) is 18.8. The minimum atomic E-state index is -0.891. The summed E-state index contributed by atoms with van der Waals surface area (Å²) in [5, 5.41) is 21.7. The molecule has 6 aliphatic rings. The van der Waals surface area contributed by atoms with Crippen LogP contribution in [-0.4, -0.2) is 35.1 Å². The van der Waals surface area contributed by atoms with Crippen molar-refractivity contribution >= 4 is 5.97 Å². The van der Waals surface area contributed by atoms with Gasteiger partial charge in [-0.2, -0.15) is 0 Å². The van der Waals surface area contributed by atoms with Crippen LogP contribution < -0.4 is 0 Å². The monoisotopic (exact) mass is 662 g/mol. The van der Waals surface area contributed by atoms with Crippen molar-refractivity contribution in [2.45, 2.75) is 164 Å². The molecule has 6 rings (SSSR count). The fraction of sp³-hybridized carbons (Fsp3) is 0.791. The van der Waals surface area contributed by atoms with E-state index in [0.717, 1.165) is 83.5 Å². The molecule has 0 radical (unpaired) electrons. The first-order chi connectivity index (χ1) is 22.7. The van der Waals surface area contributed by atoms with Crippen LogP contribution in [0.15, 0.2) is 45.6 Å². The van der Waals surface area contributed by atoms with Crippen LogP contribution in [0.25, 0.3) is 0 Å². The van der Waals surface area contributed by atoms with E-state index in [2.05, 4.69) is 67.5 Å². The van der Waals surface area contributed by atoms with Gasteiger partial charge < -0.3 is 9.84 Å². The van der Waals surface area contributed by atoms with Crippen LogP contribution in [0, 0.1) is 45.3 Å². The van der Waals surface area contributed by atoms with Gasteiger partial charge >= 0.3 is 5.97 Å². The second-order valence-electron chi connectivity index (χ2n) is 18.5. The summed E-state index contributed by atoms with van der Waals surface area (Å²) in [4.78, 5) is 19.3. The predicted octanol–water partition coefficient (Wildman–Crippen LogP) is 10.7. The van der Waals surface area contributed by atoms with Crippen LogP contribution in [0.4, 0.5) is 0 Å². The molecule has 6 aliphatic carbocycles. The number of rotatable bonds is 9. The highest BCUT2D eigenvalue weighted by atomic mass is 17.1. The molecule has 0 spiro atoms. The number of hydrogen-bond donors (Lipinski definition) is 2. The third-order valence-corrected chi connectivity index (χ3v) is 15.2. The normalized spacial score (nSPS) is 38.0. The summed E-state index contributed by atoms with van der Waals surface area (Å²) in [7, 11) is 0. The van der Waals surface area contributed by atoms with Gasteiger partial charge in [0.05, 0.1) is 11.5 Å². The van der Waals surface area contributed by atoms with E-state index in [-0.39, 0.29) is 41.2 Å². The smallest absolute Gasteiger partial charge is 0.312 e. The predicted molar refractivity (Wildman–Crippen MR) is 193 cm³/mol. The highest BCUT2D eigenvalue weighted by Gasteiger charge is 2.58. The fourth-order valence-corrected chi connectivity index (χ4v) is 12.4. The van der Waals surface area contributed by atoms with Crippen molar-refractivity contribution in [2.24, 2.45) is 45.3 Å². The molecule has 8 atom stereocenters. The standard InChI is InChI=1S/C43H66O5/c1-27(2)29-11-15-34-31(23-29)13-17-36-40(34,5)19-9-21-42(36,7)38(48-46)25-33(44)26-47-39(45)43(8)22-10-20-41(6)35-16-12-30(28(3)4)24-32(35)14-18-37(41)43/h23-24,27-28,33,36-38,44,46H,9-22,25-26H2,1-8H3. The summed E-state index contributed by atoms with van der Waals surface area (Å²) in [6, 6.07) is 0. The zero-order valence-electron chi connectivity index (χ0n) is 31.6. The maximum Gasteiger partial charge on any atom is 0.312 e. The molecular weight excluding hydrogens is 596 g/mol. The van der Waals surface area contributed by atoms with Crippen molar-refractivity contribution in [3.05, 3.63) is 45.6 Å². The minimum Gasteiger partial charge on any atom is -0.463 e. The largest absolute Gasteiger partial charge is 0.463 e. The average molecular weight is 663 g/mol. The van der Waals surface area contributed by atoms with Crippen LogP contribution >= 0.6 is 0 Å². The number of aliphatic hydroxyl groups is 1. The van der Waals surface area contributed by atoms with Gasteiger partial charge in [-0.05, 0) is 130 Å². The van der Waals surface area contributed by atoms with Gasteiger partial charge in [0.15, 0.2) is 0 Å². The van der Waals surface area contributed by atoms with E-state index >= 15 is 0 Å². The Labute approximate surface area is 291 Å². The molecule has 48 heavy (non-hydrogen) atoms. The number of allylic oxidation sites excluding steroid dienone is 8. The molecule has 2 N–H and O–H groups in total. The molecule has 8 unspecified atom stereocenters. The van der Waals surface area contributed by atoms with Crippen LogP contribution in [0.3, 0.4) is 0 Å². The number of carbonyl (C=O) groups excluding carboxylic acids is 1. The Hall–Kier alpha value is -1.69. The quantitative estimate of drug-likeness (QED) is 0.146. The van der Waals surface area contributed by atoms with E-state index in [1.54, 1.807) is 27.9 Å². The van der Waals surface area contributed by atoms with Gasteiger partial charge in [-0.15, -0.1) is 0 Å². The SMILES string of the molecule is CC(C)C1=CC2=C(CC1)C1(C)CCCC(C)(C(=O)OCC(O)CC(OO)C3(C)CCCC4(C)C5=C(C=C(C(C)C)CC5)CCC43)C1CC2. The van der Waals surface area contributed by atoms with E-state index in [1.807, 2.05) is 0 Å². The molecule has 0 saturated heterocycles. The van der Waals surface area contributed by atoms with Crippen molar-refractivity contribution in [3.63, 3.8) is 0 Å². The Morgan fingerprint density at radius 2 is 1.29 bits per heavy atom. The van der Waals surface area contributed by atoms with Crippen LogP contribution in [0.5, 0.6) is 0 Å². The van der Waals surface area contributed by atoms with Crippen molar-refractivity contribution in [1.82, 2.24) is 0 Å². The molecule has 2 fully saturated rings. The van der Waals surface area contributed by atoms with Gasteiger partial charge in [0.2, 0.25) is 0 Å². The van der Waals surface area contributed by atoms with Gasteiger partial charge in [0.1, 0.15) is 12.7 Å². The highest BCUT2D eigenvalue weighted by molar-refractivity contribution is 5.77. The van der Waals surface area contributed by atoms with E-state index < -0.39 is 17.6 Å². The summed E-state index contributed by atoms with van der Waals surface area (Å²) in [5.41, 5.74) is 8.71. The van der Waals surface area contributed by atoms with Crippen LogP contribution in [0.2, 0.25) is 0 Å². The zero-order valence-corrected chi connectivity index (χ0v) is 31.6. The highest BCUT2D eigenvalue weighted by Crippen LogP contribution is 2.64. The molecule has 0 aromatic carbocycles. The van der Waals surface area contributed by atoms with E-state index in [9.17, 15) is 15.2 Å². The Morgan fingerprint density at radius 3 is 1.83 bits per heavy atom. The third-order valence-electron chi connectivity index (χ3n) is 15.2. The lowest BCUT2D eigenvalue weighted by Gasteiger charge is -2.58. The molecule has 5 nitrogen and oxygen atoms in total. The van der Waals surface area contributed by atoms with Crippen molar-refractivity contribution in [1.29, 1.82) is 0 Å². The second kappa shape index (κ2) is 13.5. The molecule has 2 saturated carbocycles. The fourth-order valence-electron chi connectivity index (χ4n) is 12.4. The lowest BCUT2D eigenvalue weighted by Crippen LogP contribution is -2.53. The van der Waals surface area contributed by atoms with Crippen LogP contribution in [0.1, 0.15) is 152 Å². The molecular formula is C43H66O5. The van der Waals surface area contributed by atoms with Gasteiger partial charge in [0.25, 0.3) is 0 Å². The number of esters is 1. The molecule has 0 aromatic rings. The first kappa shape index (κ1) is 36.1. The zero-order chi connectivity index (χ0) is 34.6. The third kappa shape index (κ3) is 6.04. The first-order valence-corrected chi connectivity index (χ1v) is 19.7. The van der Waals surface area contributed by atoms with Gasteiger partial charge in [-0.1, -0.05) is 95.8 Å². The van der Waals surface area contributed by atoms with Crippen molar-refractivity contribution < 1.29 is 24.8 Å². The van der Waals surface area contributed by atoms with Gasteiger partial charge in [-0.25, -0.2) is 4.89 Å². The van der Waals surface area contributed by atoms with E-state index in [0.29, 0.717) is 17.8 Å². The van der Waals surface area contributed by atoms with E-state index in [1.165, 1.54) is 12.0 Å². The average Bonchev–Trinajstić information content (AvgIpc) is 3.05. The molecule has 268 valence electrons. The Morgan fingerprint density at radius 1 is 0.771 bits per heavy atom. The first-order valence-electron chi connectivity index (χ1n) is 19.7. The number of ether oxygens (including phenoxy) is 1. The number of hydrogen-bond acceptors (Lipinski definition) is 5. The van der Waals surface area contributed by atoms with Gasteiger partial charge in [-0.3, -0.25) is 10.1 Å². The number of carbonyl (C=O) groups is 1. The number of aliphatic hydroxyl groups excluding tert-OH is 1. The van der Waals surface area contributed by atoms with Gasteiger partial charge in [0, 0.05) is 11.8 Å². The lowest BCUT2D eigenvalue weighted by atomic mass is 9.47. The summed E-state index contributed by atoms with van der Waals surface area (Å²) >= 11 is 0. The Balaban J connectivity index is 1.13. The lowest BCUT2D eigenvalue weighted by molar-refractivity contribution is -0.321. The van der Waals surface area contributed by atoms with Crippen molar-refractivity contribution in [3.8, 4) is 0 Å². The summed E-state index contributed by atoms with van der Waals surface area (Å²) in [6.45, 7) is 18.4. The molecule has 0 bridgehead atoms. The summed E-state index contributed by atoms with van der Waals surface area (Å²) in [5.74, 6) is 1.64. The van der Waals surface area contributed by atoms with Crippen LogP contribution in [-0.2, 0) is 14.4 Å². The molecule has 0 aliphatic heterocycles. The molecule has 5 heteroatoms. The van der Waals surface area contributed by atoms with Crippen molar-refractivity contribution in [2.75, 3.05) is 6.61 Å². The molecule has 0 heterocycles. The second-order valence-corrected chi connectivity index (χ2v) is 18.5. The summed E-state index contributed by atoms with van der Waals surface area (Å²) < 4.78 is 6.05. The maximum atomic E-state index is 14.0. The van der Waals surface area contributed by atoms with E-state index in [4.69, 9.17) is 9.62 Å². The minimum absolute atomic E-state index is 0.0229. The molecule has 0 aromatic heterocycles. The number of fused-ring (bicyclic) bond motifs is 4. The Kier molecular flexibility index (Phi) is 10.1. The topological polar surface area (TPSA) is 76.0 Å². The Bertz CT molecular complexity index is 1380.